The van der Waals surface area contributed by atoms with Crippen LogP contribution in [0.2, 0.25) is 0 Å². The van der Waals surface area contributed by atoms with E-state index < -0.39 is 0 Å². The van der Waals surface area contributed by atoms with E-state index in [0.717, 1.165) is 38.0 Å². The number of hydrogen-bond donors (Lipinski definition) is 1. The van der Waals surface area contributed by atoms with Crippen molar-refractivity contribution in [3.63, 3.8) is 0 Å². The lowest BCUT2D eigenvalue weighted by Gasteiger charge is -2.29. The molecule has 0 aromatic heterocycles. The maximum Gasteiger partial charge on any atom is 0.121 e. The molecule has 0 spiro atoms. The fourth-order valence-corrected chi connectivity index (χ4v) is 3.91. The van der Waals surface area contributed by atoms with Gasteiger partial charge in [-0.15, -0.1) is 0 Å². The summed E-state index contributed by atoms with van der Waals surface area (Å²) < 4.78 is 6.28. The van der Waals surface area contributed by atoms with Gasteiger partial charge in [0.2, 0.25) is 0 Å². The van der Waals surface area contributed by atoms with Crippen LogP contribution in [0.25, 0.3) is 0 Å². The standard InChI is InChI=1S/C27H48O2/c1-7-9-10-11-12-13-19-29-27-24(6)23(5)26(28)20-25(27)18-17-22(4)16-14-15-21(3)8-2/h15,20,22-23,26,28H,7-14,16-19H2,1-6H3. The number of aliphatic hydroxyl groups excluding tert-OH is 1. The summed E-state index contributed by atoms with van der Waals surface area (Å²) in [7, 11) is 0. The van der Waals surface area contributed by atoms with Gasteiger partial charge in [0.05, 0.1) is 12.7 Å². The number of hydrogen-bond acceptors (Lipinski definition) is 2. The molecule has 1 rings (SSSR count). The summed E-state index contributed by atoms with van der Waals surface area (Å²) >= 11 is 0. The van der Waals surface area contributed by atoms with Crippen molar-refractivity contribution in [2.45, 2.75) is 118 Å². The van der Waals surface area contributed by atoms with Crippen LogP contribution < -0.4 is 0 Å². The molecule has 1 N–H and O–H groups in total. The first kappa shape index (κ1) is 26.0. The minimum absolute atomic E-state index is 0.151. The molecule has 2 heteroatoms. The number of ether oxygens (including phenoxy) is 1. The van der Waals surface area contributed by atoms with Crippen LogP contribution in [0.5, 0.6) is 0 Å². The van der Waals surface area contributed by atoms with Crippen molar-refractivity contribution in [1.29, 1.82) is 0 Å². The Morgan fingerprint density at radius 2 is 1.83 bits per heavy atom. The van der Waals surface area contributed by atoms with Crippen LogP contribution in [0.3, 0.4) is 0 Å². The molecular formula is C27H48O2. The van der Waals surface area contributed by atoms with Gasteiger partial charge in [-0.05, 0) is 75.5 Å². The topological polar surface area (TPSA) is 29.5 Å². The first-order valence-corrected chi connectivity index (χ1v) is 12.3. The van der Waals surface area contributed by atoms with E-state index in [1.807, 2.05) is 0 Å². The van der Waals surface area contributed by atoms with Crippen LogP contribution in [-0.2, 0) is 4.74 Å². The summed E-state index contributed by atoms with van der Waals surface area (Å²) in [5.41, 5.74) is 3.94. The molecule has 0 heterocycles. The van der Waals surface area contributed by atoms with Crippen LogP contribution >= 0.6 is 0 Å². The molecule has 168 valence electrons. The smallest absolute Gasteiger partial charge is 0.121 e. The molecule has 0 aromatic rings. The Labute approximate surface area is 181 Å². The van der Waals surface area contributed by atoms with Crippen molar-refractivity contribution < 1.29 is 9.84 Å². The van der Waals surface area contributed by atoms with Crippen LogP contribution in [-0.4, -0.2) is 17.8 Å². The zero-order valence-electron chi connectivity index (χ0n) is 20.2. The normalized spacial score (nSPS) is 21.3. The third-order valence-electron chi connectivity index (χ3n) is 6.58. The molecule has 0 saturated heterocycles. The van der Waals surface area contributed by atoms with Gasteiger partial charge >= 0.3 is 0 Å². The van der Waals surface area contributed by atoms with Gasteiger partial charge in [0.1, 0.15) is 5.76 Å². The molecular weight excluding hydrogens is 356 g/mol. The van der Waals surface area contributed by atoms with Gasteiger partial charge in [-0.25, -0.2) is 0 Å². The molecule has 0 aromatic carbocycles. The number of rotatable bonds is 15. The highest BCUT2D eigenvalue weighted by Crippen LogP contribution is 2.34. The quantitative estimate of drug-likeness (QED) is 0.220. The number of allylic oxidation sites excluding steroid dienone is 3. The van der Waals surface area contributed by atoms with E-state index in [-0.39, 0.29) is 12.0 Å². The molecule has 0 aliphatic heterocycles. The molecule has 0 bridgehead atoms. The lowest BCUT2D eigenvalue weighted by atomic mass is 9.84. The summed E-state index contributed by atoms with van der Waals surface area (Å²) in [4.78, 5) is 0. The summed E-state index contributed by atoms with van der Waals surface area (Å²) in [5, 5.41) is 10.4. The highest BCUT2D eigenvalue weighted by molar-refractivity contribution is 5.37. The second-order valence-electron chi connectivity index (χ2n) is 9.22. The Balaban J connectivity index is 2.53. The molecule has 0 radical (unpaired) electrons. The molecule has 3 unspecified atom stereocenters. The van der Waals surface area contributed by atoms with Crippen molar-refractivity contribution in [3.05, 3.63) is 34.6 Å². The van der Waals surface area contributed by atoms with Gasteiger partial charge in [0, 0.05) is 5.92 Å². The van der Waals surface area contributed by atoms with Crippen molar-refractivity contribution >= 4 is 0 Å². The summed E-state index contributed by atoms with van der Waals surface area (Å²) in [6, 6.07) is 0. The van der Waals surface area contributed by atoms with Gasteiger partial charge in [-0.3, -0.25) is 0 Å². The van der Waals surface area contributed by atoms with Crippen LogP contribution in [0, 0.1) is 11.8 Å². The minimum atomic E-state index is -0.378. The van der Waals surface area contributed by atoms with Crippen LogP contribution in [0.1, 0.15) is 112 Å². The van der Waals surface area contributed by atoms with Gasteiger partial charge in [0.25, 0.3) is 0 Å². The first-order valence-electron chi connectivity index (χ1n) is 12.3. The minimum Gasteiger partial charge on any atom is -0.493 e. The van der Waals surface area contributed by atoms with Crippen molar-refractivity contribution in [2.24, 2.45) is 11.8 Å². The van der Waals surface area contributed by atoms with E-state index >= 15 is 0 Å². The maximum atomic E-state index is 10.4. The molecule has 0 saturated carbocycles. The Bertz CT molecular complexity index is 541. The van der Waals surface area contributed by atoms with E-state index in [1.54, 1.807) is 0 Å². The molecule has 0 amide bonds. The number of aliphatic hydroxyl groups is 1. The van der Waals surface area contributed by atoms with E-state index in [1.165, 1.54) is 61.7 Å². The second-order valence-corrected chi connectivity index (χ2v) is 9.22. The van der Waals surface area contributed by atoms with Gasteiger partial charge in [-0.2, -0.15) is 0 Å². The summed E-state index contributed by atoms with van der Waals surface area (Å²) in [6.07, 6.45) is 17.5. The van der Waals surface area contributed by atoms with Crippen LogP contribution in [0.15, 0.2) is 34.6 Å². The predicted molar refractivity (Wildman–Crippen MR) is 127 cm³/mol. The van der Waals surface area contributed by atoms with E-state index in [2.05, 4.69) is 53.7 Å². The van der Waals surface area contributed by atoms with E-state index in [9.17, 15) is 5.11 Å². The molecule has 2 nitrogen and oxygen atoms in total. The largest absolute Gasteiger partial charge is 0.493 e. The lowest BCUT2D eigenvalue weighted by molar-refractivity contribution is 0.154. The van der Waals surface area contributed by atoms with Crippen molar-refractivity contribution in [1.82, 2.24) is 0 Å². The Kier molecular flexibility index (Phi) is 13.4. The highest BCUT2D eigenvalue weighted by atomic mass is 16.5. The second kappa shape index (κ2) is 14.9. The van der Waals surface area contributed by atoms with Gasteiger partial charge < -0.3 is 9.84 Å². The molecule has 1 aliphatic rings. The average molecular weight is 405 g/mol. The maximum absolute atomic E-state index is 10.4. The van der Waals surface area contributed by atoms with Crippen LogP contribution in [0.4, 0.5) is 0 Å². The molecule has 29 heavy (non-hydrogen) atoms. The Morgan fingerprint density at radius 3 is 2.52 bits per heavy atom. The highest BCUT2D eigenvalue weighted by Gasteiger charge is 2.26. The first-order chi connectivity index (χ1) is 13.9. The fraction of sp³-hybridized carbons (Fsp3) is 0.778. The molecule has 1 aliphatic carbocycles. The monoisotopic (exact) mass is 404 g/mol. The van der Waals surface area contributed by atoms with Crippen molar-refractivity contribution in [3.8, 4) is 0 Å². The molecule has 3 atom stereocenters. The van der Waals surface area contributed by atoms with Crippen molar-refractivity contribution in [2.75, 3.05) is 6.61 Å². The molecule has 0 fully saturated rings. The lowest BCUT2D eigenvalue weighted by Crippen LogP contribution is -2.23. The predicted octanol–water partition coefficient (Wildman–Crippen LogP) is 8.13. The third kappa shape index (κ3) is 10.0. The average Bonchev–Trinajstić information content (AvgIpc) is 2.71. The van der Waals surface area contributed by atoms with Gasteiger partial charge in [-0.1, -0.05) is 71.4 Å². The van der Waals surface area contributed by atoms with E-state index in [4.69, 9.17) is 4.74 Å². The SMILES string of the molecule is CCCCCCCCOC1=C(C)C(C)C(O)C=C1CCC(C)CCC=C(C)CC. The fourth-order valence-electron chi connectivity index (χ4n) is 3.91. The van der Waals surface area contributed by atoms with E-state index in [0.29, 0.717) is 5.92 Å². The zero-order valence-corrected chi connectivity index (χ0v) is 20.2. The summed E-state index contributed by atoms with van der Waals surface area (Å²) in [6.45, 7) is 14.1. The number of unbranched alkanes of at least 4 members (excludes halogenated alkanes) is 5. The van der Waals surface area contributed by atoms with Gasteiger partial charge in [0.15, 0.2) is 0 Å². The third-order valence-corrected chi connectivity index (χ3v) is 6.58. The Morgan fingerprint density at radius 1 is 1.14 bits per heavy atom. The Hall–Kier alpha value is -1.02. The zero-order chi connectivity index (χ0) is 21.6. The summed E-state index contributed by atoms with van der Waals surface area (Å²) in [5.74, 6) is 1.91.